The van der Waals surface area contributed by atoms with Gasteiger partial charge in [-0.2, -0.15) is 0 Å². The van der Waals surface area contributed by atoms with E-state index < -0.39 is 17.3 Å². The number of primary amides is 1. The highest BCUT2D eigenvalue weighted by molar-refractivity contribution is 6.31. The molecule has 1 aromatic carbocycles. The van der Waals surface area contributed by atoms with Gasteiger partial charge in [0.05, 0.1) is 36.0 Å². The number of ether oxygens (including phenoxy) is 1. The Balaban J connectivity index is 0.00000272. The molecule has 4 rings (SSSR count). The van der Waals surface area contributed by atoms with Crippen molar-refractivity contribution in [2.24, 2.45) is 11.1 Å². The van der Waals surface area contributed by atoms with Crippen molar-refractivity contribution in [3.8, 4) is 11.1 Å². The number of amides is 2. The molecule has 0 unspecified atom stereocenters. The molecule has 0 atom stereocenters. The Bertz CT molecular complexity index is 1040. The van der Waals surface area contributed by atoms with E-state index in [-0.39, 0.29) is 30.3 Å². The molecule has 0 aliphatic carbocycles. The van der Waals surface area contributed by atoms with E-state index in [0.717, 1.165) is 0 Å². The summed E-state index contributed by atoms with van der Waals surface area (Å²) < 4.78 is 21.2. The summed E-state index contributed by atoms with van der Waals surface area (Å²) in [6, 6.07) is 4.32. The number of rotatable bonds is 3. The minimum Gasteiger partial charge on any atom is -0.376 e. The van der Waals surface area contributed by atoms with Crippen molar-refractivity contribution < 1.29 is 18.7 Å². The molecule has 2 N–H and O–H groups in total. The molecule has 0 saturated carbocycles. The second-order valence-corrected chi connectivity index (χ2v) is 9.84. The summed E-state index contributed by atoms with van der Waals surface area (Å²) in [5.41, 5.74) is 7.36. The maximum atomic E-state index is 13.7. The van der Waals surface area contributed by atoms with Crippen molar-refractivity contribution in [1.29, 1.82) is 0 Å². The number of benzene rings is 1. The van der Waals surface area contributed by atoms with E-state index in [1.165, 1.54) is 12.1 Å². The molecule has 2 aromatic rings. The standard InChI is InChI=1S/C22H25ClFN3O3.CH4/c1-21(2,3)7-18(28)26-9-17-19(20(25)29)14(13-4-5-16(24)15(23)6-13)8-27(17)22(10-26)11-30-12-22;/h4-6,8H,7,9-12H2,1-3H3,(H2,25,29);1H4. The van der Waals surface area contributed by atoms with Gasteiger partial charge in [0, 0.05) is 24.7 Å². The number of halogens is 2. The number of nitrogens with two attached hydrogens (primary N) is 1. The predicted octanol–water partition coefficient (Wildman–Crippen LogP) is 4.19. The summed E-state index contributed by atoms with van der Waals surface area (Å²) in [5, 5.41) is -0.0317. The quantitative estimate of drug-likeness (QED) is 0.763. The molecule has 31 heavy (non-hydrogen) atoms. The maximum absolute atomic E-state index is 13.7. The van der Waals surface area contributed by atoms with Crippen LogP contribution >= 0.6 is 11.6 Å². The third-order valence-corrected chi connectivity index (χ3v) is 5.99. The lowest BCUT2D eigenvalue weighted by molar-refractivity contribution is -0.152. The van der Waals surface area contributed by atoms with Crippen molar-refractivity contribution in [2.75, 3.05) is 19.8 Å². The highest BCUT2D eigenvalue weighted by Gasteiger charge is 2.48. The fraction of sp³-hybridized carbons (Fsp3) is 0.478. The lowest BCUT2D eigenvalue weighted by Gasteiger charge is -2.50. The van der Waals surface area contributed by atoms with Crippen LogP contribution in [0.2, 0.25) is 5.02 Å². The van der Waals surface area contributed by atoms with E-state index in [1.807, 2.05) is 31.5 Å². The second kappa shape index (κ2) is 7.95. The zero-order valence-corrected chi connectivity index (χ0v) is 18.1. The van der Waals surface area contributed by atoms with Crippen LogP contribution in [0.15, 0.2) is 24.4 Å². The second-order valence-electron chi connectivity index (χ2n) is 9.43. The first-order valence-corrected chi connectivity index (χ1v) is 10.2. The molecule has 6 nitrogen and oxygen atoms in total. The predicted molar refractivity (Wildman–Crippen MR) is 118 cm³/mol. The molecule has 8 heteroatoms. The smallest absolute Gasteiger partial charge is 0.251 e. The normalized spacial score (nSPS) is 17.0. The average molecular weight is 450 g/mol. The van der Waals surface area contributed by atoms with Crippen molar-refractivity contribution in [2.45, 2.75) is 46.7 Å². The Morgan fingerprint density at radius 3 is 2.48 bits per heavy atom. The Morgan fingerprint density at radius 1 is 1.29 bits per heavy atom. The fourth-order valence-corrected chi connectivity index (χ4v) is 4.44. The van der Waals surface area contributed by atoms with Crippen LogP contribution in [0.3, 0.4) is 0 Å². The van der Waals surface area contributed by atoms with Crippen LogP contribution in [-0.4, -0.2) is 41.0 Å². The lowest BCUT2D eigenvalue weighted by Crippen LogP contribution is -2.62. The maximum Gasteiger partial charge on any atom is 0.251 e. The highest BCUT2D eigenvalue weighted by Crippen LogP contribution is 2.41. The molecule has 168 valence electrons. The number of fused-ring (bicyclic) bond motifs is 2. The number of carbonyl (C=O) groups excluding carboxylic acids is 2. The van der Waals surface area contributed by atoms with Gasteiger partial charge in [-0.05, 0) is 23.1 Å². The molecule has 2 aliphatic heterocycles. The Kier molecular flexibility index (Phi) is 5.97. The van der Waals surface area contributed by atoms with E-state index in [0.29, 0.717) is 48.6 Å². The Hall–Kier alpha value is -2.38. The van der Waals surface area contributed by atoms with Gasteiger partial charge in [0.25, 0.3) is 5.91 Å². The number of aromatic nitrogens is 1. The summed E-state index contributed by atoms with van der Waals surface area (Å²) in [5.74, 6) is -1.10. The van der Waals surface area contributed by atoms with Gasteiger partial charge in [-0.15, -0.1) is 0 Å². The number of nitrogens with zero attached hydrogens (tertiary/aromatic N) is 2. The number of hydrogen-bond acceptors (Lipinski definition) is 3. The molecule has 3 heterocycles. The third-order valence-electron chi connectivity index (χ3n) is 5.70. The largest absolute Gasteiger partial charge is 0.376 e. The summed E-state index contributed by atoms with van der Waals surface area (Å²) in [6.45, 7) is 7.72. The Morgan fingerprint density at radius 2 is 1.97 bits per heavy atom. The van der Waals surface area contributed by atoms with Gasteiger partial charge in [-0.25, -0.2) is 4.39 Å². The van der Waals surface area contributed by atoms with Crippen LogP contribution in [0.4, 0.5) is 4.39 Å². The zero-order chi connectivity index (χ0) is 21.8. The summed E-state index contributed by atoms with van der Waals surface area (Å²) in [6.07, 6.45) is 2.25. The monoisotopic (exact) mass is 449 g/mol. The van der Waals surface area contributed by atoms with Crippen LogP contribution in [0.5, 0.6) is 0 Å². The zero-order valence-electron chi connectivity index (χ0n) is 17.3. The highest BCUT2D eigenvalue weighted by atomic mass is 35.5. The van der Waals surface area contributed by atoms with Crippen molar-refractivity contribution in [1.82, 2.24) is 9.47 Å². The summed E-state index contributed by atoms with van der Waals surface area (Å²) >= 11 is 5.97. The van der Waals surface area contributed by atoms with Crippen molar-refractivity contribution in [3.63, 3.8) is 0 Å². The molecule has 1 aromatic heterocycles. The van der Waals surface area contributed by atoms with E-state index in [4.69, 9.17) is 22.1 Å². The van der Waals surface area contributed by atoms with Crippen molar-refractivity contribution >= 4 is 23.4 Å². The van der Waals surface area contributed by atoms with Crippen LogP contribution in [0.25, 0.3) is 11.1 Å². The SMILES string of the molecule is C.CC(C)(C)CC(=O)N1Cc2c(C(N)=O)c(-c3ccc(F)c(Cl)c3)cn2C2(COC2)C1. The Labute approximate surface area is 187 Å². The molecule has 0 bridgehead atoms. The van der Waals surface area contributed by atoms with Crippen molar-refractivity contribution in [3.05, 3.63) is 46.5 Å². The molecule has 1 fully saturated rings. The van der Waals surface area contributed by atoms with Crippen LogP contribution in [0, 0.1) is 11.2 Å². The van der Waals surface area contributed by atoms with Gasteiger partial charge < -0.3 is 19.9 Å². The minimum atomic E-state index is -0.597. The summed E-state index contributed by atoms with van der Waals surface area (Å²) in [7, 11) is 0. The number of hydrogen-bond donors (Lipinski definition) is 1. The van der Waals surface area contributed by atoms with Gasteiger partial charge in [-0.1, -0.05) is 45.9 Å². The van der Waals surface area contributed by atoms with E-state index >= 15 is 0 Å². The summed E-state index contributed by atoms with van der Waals surface area (Å²) in [4.78, 5) is 27.3. The molecule has 1 spiro atoms. The van der Waals surface area contributed by atoms with Gasteiger partial charge in [0.1, 0.15) is 11.4 Å². The van der Waals surface area contributed by atoms with Gasteiger partial charge >= 0.3 is 0 Å². The molecular formula is C23H29ClFN3O3. The fourth-order valence-electron chi connectivity index (χ4n) is 4.26. The van der Waals surface area contributed by atoms with Gasteiger partial charge in [0.15, 0.2) is 0 Å². The number of carbonyl (C=O) groups is 2. The molecule has 0 radical (unpaired) electrons. The first kappa shape index (κ1) is 23.3. The first-order chi connectivity index (χ1) is 14.0. The van der Waals surface area contributed by atoms with Crippen LogP contribution in [-0.2, 0) is 21.6 Å². The van der Waals surface area contributed by atoms with Crippen LogP contribution < -0.4 is 5.73 Å². The van der Waals surface area contributed by atoms with Crippen LogP contribution in [0.1, 0.15) is 50.7 Å². The first-order valence-electron chi connectivity index (χ1n) is 9.86. The van der Waals surface area contributed by atoms with Gasteiger partial charge in [0.2, 0.25) is 5.91 Å². The molecule has 2 amide bonds. The van der Waals surface area contributed by atoms with Gasteiger partial charge in [-0.3, -0.25) is 9.59 Å². The van der Waals surface area contributed by atoms with E-state index in [1.54, 1.807) is 11.0 Å². The molecular weight excluding hydrogens is 421 g/mol. The third kappa shape index (κ3) is 4.08. The average Bonchev–Trinajstić information content (AvgIpc) is 3.00. The molecule has 1 saturated heterocycles. The minimum absolute atomic E-state index is 0. The van der Waals surface area contributed by atoms with E-state index in [9.17, 15) is 14.0 Å². The van der Waals surface area contributed by atoms with E-state index in [2.05, 4.69) is 0 Å². The topological polar surface area (TPSA) is 77.6 Å². The lowest BCUT2D eigenvalue weighted by atomic mass is 9.89. The molecule has 2 aliphatic rings.